The van der Waals surface area contributed by atoms with Crippen molar-refractivity contribution < 1.29 is 26.8 Å². The number of hydrogen-bond acceptors (Lipinski definition) is 3. The van der Waals surface area contributed by atoms with Crippen LogP contribution in [0.2, 0.25) is 0 Å². The minimum Gasteiger partial charge on any atom is -0.405 e. The average Bonchev–Trinajstić information content (AvgIpc) is 2.68. The van der Waals surface area contributed by atoms with Crippen LogP contribution in [0.4, 0.5) is 17.6 Å². The molecule has 2 aromatic rings. The van der Waals surface area contributed by atoms with Crippen LogP contribution in [0, 0.1) is 5.82 Å². The molecule has 1 aromatic heterocycles. The van der Waals surface area contributed by atoms with E-state index < -0.39 is 17.9 Å². The lowest BCUT2D eigenvalue weighted by Gasteiger charge is -2.11. The van der Waals surface area contributed by atoms with Crippen molar-refractivity contribution >= 4 is 0 Å². The molecule has 17 heavy (non-hydrogen) atoms. The molecule has 0 fully saturated rings. The van der Waals surface area contributed by atoms with Crippen molar-refractivity contribution in [3.05, 3.63) is 36.3 Å². The zero-order valence-corrected chi connectivity index (χ0v) is 8.16. The van der Waals surface area contributed by atoms with Crippen LogP contribution < -0.4 is 4.74 Å². The summed E-state index contributed by atoms with van der Waals surface area (Å²) in [6.07, 6.45) is -3.71. The average molecular weight is 247 g/mol. The van der Waals surface area contributed by atoms with Crippen LogP contribution in [0.25, 0.3) is 11.3 Å². The molecule has 2 rings (SSSR count). The van der Waals surface area contributed by atoms with Gasteiger partial charge in [0.1, 0.15) is 23.5 Å². The smallest absolute Gasteiger partial charge is 0.405 e. The number of halogens is 4. The molecule has 1 heterocycles. The Balaban J connectivity index is 2.45. The third-order valence-corrected chi connectivity index (χ3v) is 1.88. The predicted molar refractivity (Wildman–Crippen MR) is 48.6 cm³/mol. The third kappa shape index (κ3) is 2.74. The minimum atomic E-state index is -4.90. The summed E-state index contributed by atoms with van der Waals surface area (Å²) in [6.45, 7) is 0. The minimum absolute atomic E-state index is 0.00234. The quantitative estimate of drug-likeness (QED) is 0.763. The Kier molecular flexibility index (Phi) is 2.74. The highest BCUT2D eigenvalue weighted by atomic mass is 19.4. The predicted octanol–water partition coefficient (Wildman–Crippen LogP) is 3.38. The molecule has 7 heteroatoms. The van der Waals surface area contributed by atoms with Gasteiger partial charge in [-0.15, -0.1) is 13.2 Å². The molecule has 0 saturated heterocycles. The zero-order chi connectivity index (χ0) is 12.5. The van der Waals surface area contributed by atoms with Crippen molar-refractivity contribution in [2.24, 2.45) is 0 Å². The lowest BCUT2D eigenvalue weighted by atomic mass is 10.1. The van der Waals surface area contributed by atoms with Crippen LogP contribution in [0.3, 0.4) is 0 Å². The van der Waals surface area contributed by atoms with Gasteiger partial charge in [-0.3, -0.25) is 0 Å². The first-order valence-corrected chi connectivity index (χ1v) is 4.42. The van der Waals surface area contributed by atoms with Crippen molar-refractivity contribution in [3.63, 3.8) is 0 Å². The van der Waals surface area contributed by atoms with Crippen molar-refractivity contribution in [3.8, 4) is 17.0 Å². The maximum absolute atomic E-state index is 12.9. The van der Waals surface area contributed by atoms with Gasteiger partial charge in [-0.1, -0.05) is 5.16 Å². The van der Waals surface area contributed by atoms with Crippen molar-refractivity contribution in [2.45, 2.75) is 6.36 Å². The Morgan fingerprint density at radius 1 is 1.18 bits per heavy atom. The first-order chi connectivity index (χ1) is 7.96. The highest BCUT2D eigenvalue weighted by Crippen LogP contribution is 2.33. The maximum Gasteiger partial charge on any atom is 0.573 e. The lowest BCUT2D eigenvalue weighted by molar-refractivity contribution is -0.274. The van der Waals surface area contributed by atoms with Crippen molar-refractivity contribution in [1.82, 2.24) is 5.16 Å². The fraction of sp³-hybridized carbons (Fsp3) is 0.100. The van der Waals surface area contributed by atoms with Crippen molar-refractivity contribution in [2.75, 3.05) is 0 Å². The molecule has 1 aromatic carbocycles. The number of benzene rings is 1. The summed E-state index contributed by atoms with van der Waals surface area (Å²) in [7, 11) is 0. The van der Waals surface area contributed by atoms with E-state index in [0.717, 1.165) is 12.1 Å². The topological polar surface area (TPSA) is 35.3 Å². The summed E-state index contributed by atoms with van der Waals surface area (Å²) in [4.78, 5) is 0. The van der Waals surface area contributed by atoms with Gasteiger partial charge in [0.15, 0.2) is 0 Å². The molecule has 0 aliphatic carbocycles. The van der Waals surface area contributed by atoms with Gasteiger partial charge in [0.25, 0.3) is 0 Å². The van der Waals surface area contributed by atoms with Gasteiger partial charge < -0.3 is 9.26 Å². The second-order valence-electron chi connectivity index (χ2n) is 3.07. The Bertz CT molecular complexity index is 508. The van der Waals surface area contributed by atoms with Gasteiger partial charge in [-0.05, 0) is 12.1 Å². The summed E-state index contributed by atoms with van der Waals surface area (Å²) in [5.41, 5.74) is 0.127. The van der Waals surface area contributed by atoms with Crippen LogP contribution in [0.5, 0.6) is 5.75 Å². The molecule has 90 valence electrons. The molecular weight excluding hydrogens is 242 g/mol. The number of alkyl halides is 3. The molecule has 0 amide bonds. The van der Waals surface area contributed by atoms with Crippen LogP contribution in [-0.4, -0.2) is 11.5 Å². The Hall–Kier alpha value is -2.05. The van der Waals surface area contributed by atoms with Gasteiger partial charge in [0.05, 0.1) is 0 Å². The summed E-state index contributed by atoms with van der Waals surface area (Å²) in [5.74, 6) is -1.50. The number of ether oxygens (including phenoxy) is 1. The molecule has 0 spiro atoms. The molecule has 0 bridgehead atoms. The Morgan fingerprint density at radius 3 is 2.53 bits per heavy atom. The summed E-state index contributed by atoms with van der Waals surface area (Å²) >= 11 is 0. The van der Waals surface area contributed by atoms with Crippen molar-refractivity contribution in [1.29, 1.82) is 0 Å². The van der Waals surface area contributed by atoms with Gasteiger partial charge in [0.2, 0.25) is 0 Å². The van der Waals surface area contributed by atoms with Gasteiger partial charge in [-0.25, -0.2) is 4.39 Å². The Morgan fingerprint density at radius 2 is 1.94 bits per heavy atom. The summed E-state index contributed by atoms with van der Waals surface area (Å²) in [5, 5.41) is 3.46. The van der Waals surface area contributed by atoms with Crippen LogP contribution in [0.15, 0.2) is 35.1 Å². The monoisotopic (exact) mass is 247 g/mol. The SMILES string of the molecule is Fc1ccc(-c2ccon2)c(OC(F)(F)F)c1. The maximum atomic E-state index is 12.9. The molecule has 0 N–H and O–H groups in total. The summed E-state index contributed by atoms with van der Waals surface area (Å²) < 4.78 is 57.4. The number of aromatic nitrogens is 1. The van der Waals surface area contributed by atoms with Gasteiger partial charge >= 0.3 is 6.36 Å². The first-order valence-electron chi connectivity index (χ1n) is 4.42. The Labute approximate surface area is 92.6 Å². The molecule has 0 saturated carbocycles. The molecule has 3 nitrogen and oxygen atoms in total. The molecule has 0 atom stereocenters. The number of rotatable bonds is 2. The summed E-state index contributed by atoms with van der Waals surface area (Å²) in [6, 6.07) is 4.12. The normalized spacial score (nSPS) is 11.5. The molecule has 0 aliphatic rings. The van der Waals surface area contributed by atoms with E-state index in [-0.39, 0.29) is 11.3 Å². The standard InChI is InChI=1S/C10H5F4NO2/c11-6-1-2-7(8-3-4-16-15-8)9(5-6)17-10(12,13)14/h1-5H. The van der Waals surface area contributed by atoms with Gasteiger partial charge in [0, 0.05) is 17.7 Å². The van der Waals surface area contributed by atoms with E-state index in [0.29, 0.717) is 6.07 Å². The second kappa shape index (κ2) is 4.08. The van der Waals surface area contributed by atoms with E-state index in [1.165, 1.54) is 12.3 Å². The first kappa shape index (κ1) is 11.4. The third-order valence-electron chi connectivity index (χ3n) is 1.88. The van der Waals surface area contributed by atoms with Crippen LogP contribution in [0.1, 0.15) is 0 Å². The molecule has 0 radical (unpaired) electrons. The molecule has 0 unspecified atom stereocenters. The fourth-order valence-electron chi connectivity index (χ4n) is 1.27. The van der Waals surface area contributed by atoms with E-state index in [1.54, 1.807) is 0 Å². The highest BCUT2D eigenvalue weighted by Gasteiger charge is 2.32. The van der Waals surface area contributed by atoms with E-state index in [1.807, 2.05) is 0 Å². The van der Waals surface area contributed by atoms with E-state index >= 15 is 0 Å². The highest BCUT2D eigenvalue weighted by molar-refractivity contribution is 5.66. The van der Waals surface area contributed by atoms with Crippen LogP contribution >= 0.6 is 0 Å². The second-order valence-corrected chi connectivity index (χ2v) is 3.07. The largest absolute Gasteiger partial charge is 0.573 e. The van der Waals surface area contributed by atoms with E-state index in [2.05, 4.69) is 14.4 Å². The fourth-order valence-corrected chi connectivity index (χ4v) is 1.27. The van der Waals surface area contributed by atoms with E-state index in [4.69, 9.17) is 0 Å². The molecular formula is C10H5F4NO2. The number of hydrogen-bond donors (Lipinski definition) is 0. The number of nitrogens with zero attached hydrogens (tertiary/aromatic N) is 1. The van der Waals surface area contributed by atoms with Crippen LogP contribution in [-0.2, 0) is 0 Å². The van der Waals surface area contributed by atoms with Gasteiger partial charge in [-0.2, -0.15) is 0 Å². The lowest BCUT2D eigenvalue weighted by Crippen LogP contribution is -2.17. The van der Waals surface area contributed by atoms with E-state index in [9.17, 15) is 17.6 Å². The molecule has 0 aliphatic heterocycles. The zero-order valence-electron chi connectivity index (χ0n) is 8.16.